The molecule has 1 aromatic rings. The molecule has 1 aliphatic carbocycles. The Balaban J connectivity index is 2.55. The van der Waals surface area contributed by atoms with Gasteiger partial charge in [-0.05, 0) is 36.6 Å². The average molecular weight is 191 g/mol. The van der Waals surface area contributed by atoms with E-state index in [0.717, 1.165) is 11.5 Å². The lowest BCUT2D eigenvalue weighted by atomic mass is 10.0. The maximum atomic E-state index is 5.96. The van der Waals surface area contributed by atoms with Crippen molar-refractivity contribution in [3.63, 3.8) is 0 Å². The first-order valence-corrected chi connectivity index (χ1v) is 4.77. The first kappa shape index (κ1) is 8.58. The number of hydrogen-bond donors (Lipinski definition) is 0. The number of aryl methyl sites for hydroxylation is 1. The van der Waals surface area contributed by atoms with E-state index < -0.39 is 0 Å². The summed E-state index contributed by atoms with van der Waals surface area (Å²) in [6.45, 7) is 2.11. The quantitative estimate of drug-likeness (QED) is 0.586. The highest BCUT2D eigenvalue weighted by Crippen LogP contribution is 2.21. The minimum Gasteiger partial charge on any atom is -0.0843 e. The van der Waals surface area contributed by atoms with Gasteiger partial charge in [0.25, 0.3) is 0 Å². The maximum Gasteiger partial charge on any atom is 0.0408 e. The van der Waals surface area contributed by atoms with E-state index in [1.54, 1.807) is 0 Å². The second-order valence-corrected chi connectivity index (χ2v) is 3.77. The molecule has 0 unspecified atom stereocenters. The minimum atomic E-state index is 0.808. The zero-order valence-corrected chi connectivity index (χ0v) is 8.31. The van der Waals surface area contributed by atoms with Crippen molar-refractivity contribution in [2.45, 2.75) is 13.3 Å². The summed E-state index contributed by atoms with van der Waals surface area (Å²) >= 11 is 5.96. The van der Waals surface area contributed by atoms with Crippen LogP contribution in [-0.4, -0.2) is 0 Å². The Labute approximate surface area is 83.5 Å². The normalized spacial score (nSPS) is 14.8. The molecule has 0 N–H and O–H groups in total. The molecule has 0 atom stereocenters. The maximum absolute atomic E-state index is 5.96. The van der Waals surface area contributed by atoms with Crippen molar-refractivity contribution >= 4 is 17.7 Å². The van der Waals surface area contributed by atoms with Gasteiger partial charge in [-0.15, -0.1) is 0 Å². The molecule has 0 bridgehead atoms. The molecular formula is C12H11Cl. The molecule has 66 valence electrons. The summed E-state index contributed by atoms with van der Waals surface area (Å²) in [5.41, 5.74) is 3.89. The van der Waals surface area contributed by atoms with Crippen LogP contribution in [0.5, 0.6) is 0 Å². The molecule has 0 radical (unpaired) electrons. The Bertz CT molecular complexity index is 386. The van der Waals surface area contributed by atoms with Gasteiger partial charge in [0.2, 0.25) is 0 Å². The molecule has 1 heteroatoms. The van der Waals surface area contributed by atoms with Crippen LogP contribution in [-0.2, 0) is 6.42 Å². The molecule has 0 saturated carbocycles. The number of hydrogen-bond acceptors (Lipinski definition) is 0. The standard InChI is InChI=1S/C12H11Cl/c1-9-5-6-11-8-12(13)4-2-3-10(11)7-9/h2,4-8H,3H2,1H3. The number of rotatable bonds is 0. The molecule has 0 saturated heterocycles. The molecule has 0 aromatic heterocycles. The highest BCUT2D eigenvalue weighted by molar-refractivity contribution is 6.33. The highest BCUT2D eigenvalue weighted by atomic mass is 35.5. The van der Waals surface area contributed by atoms with E-state index in [1.807, 2.05) is 12.2 Å². The molecule has 0 spiro atoms. The van der Waals surface area contributed by atoms with Crippen molar-refractivity contribution in [2.75, 3.05) is 0 Å². The van der Waals surface area contributed by atoms with Crippen molar-refractivity contribution < 1.29 is 0 Å². The first-order chi connectivity index (χ1) is 6.25. The summed E-state index contributed by atoms with van der Waals surface area (Å²) in [6.07, 6.45) is 7.05. The van der Waals surface area contributed by atoms with E-state index in [1.165, 1.54) is 16.7 Å². The van der Waals surface area contributed by atoms with Gasteiger partial charge in [0.15, 0.2) is 0 Å². The molecule has 2 rings (SSSR count). The molecule has 0 amide bonds. The molecule has 0 nitrogen and oxygen atoms in total. The monoisotopic (exact) mass is 190 g/mol. The predicted molar refractivity (Wildman–Crippen MR) is 57.9 cm³/mol. The van der Waals surface area contributed by atoms with E-state index in [4.69, 9.17) is 11.6 Å². The van der Waals surface area contributed by atoms with Gasteiger partial charge in [-0.1, -0.05) is 41.4 Å². The van der Waals surface area contributed by atoms with Crippen LogP contribution in [0, 0.1) is 6.92 Å². The Kier molecular flexibility index (Phi) is 2.24. The summed E-state index contributed by atoms with van der Waals surface area (Å²) in [5.74, 6) is 0. The molecule has 0 aliphatic heterocycles. The molecular weight excluding hydrogens is 180 g/mol. The second kappa shape index (κ2) is 3.39. The van der Waals surface area contributed by atoms with Gasteiger partial charge in [0.1, 0.15) is 0 Å². The van der Waals surface area contributed by atoms with Crippen molar-refractivity contribution in [3.05, 3.63) is 52.1 Å². The van der Waals surface area contributed by atoms with E-state index >= 15 is 0 Å². The van der Waals surface area contributed by atoms with Crippen LogP contribution < -0.4 is 0 Å². The first-order valence-electron chi connectivity index (χ1n) is 4.39. The fourth-order valence-electron chi connectivity index (χ4n) is 1.55. The van der Waals surface area contributed by atoms with Gasteiger partial charge in [0, 0.05) is 5.03 Å². The molecule has 13 heavy (non-hydrogen) atoms. The molecule has 0 fully saturated rings. The van der Waals surface area contributed by atoms with E-state index in [0.29, 0.717) is 0 Å². The van der Waals surface area contributed by atoms with E-state index in [-0.39, 0.29) is 0 Å². The summed E-state index contributed by atoms with van der Waals surface area (Å²) in [5, 5.41) is 0.808. The summed E-state index contributed by atoms with van der Waals surface area (Å²) < 4.78 is 0. The molecule has 1 aromatic carbocycles. The van der Waals surface area contributed by atoms with Crippen LogP contribution >= 0.6 is 11.6 Å². The van der Waals surface area contributed by atoms with Crippen molar-refractivity contribution in [2.24, 2.45) is 0 Å². The lowest BCUT2D eigenvalue weighted by Crippen LogP contribution is -1.86. The van der Waals surface area contributed by atoms with Crippen LogP contribution in [0.4, 0.5) is 0 Å². The third kappa shape index (κ3) is 1.84. The molecule has 1 aliphatic rings. The molecule has 0 heterocycles. The van der Waals surface area contributed by atoms with Gasteiger partial charge < -0.3 is 0 Å². The second-order valence-electron chi connectivity index (χ2n) is 3.34. The van der Waals surface area contributed by atoms with Gasteiger partial charge in [-0.25, -0.2) is 0 Å². The van der Waals surface area contributed by atoms with E-state index in [2.05, 4.69) is 31.2 Å². The largest absolute Gasteiger partial charge is 0.0843 e. The Morgan fingerprint density at radius 2 is 2.15 bits per heavy atom. The number of allylic oxidation sites excluding steroid dienone is 3. The summed E-state index contributed by atoms with van der Waals surface area (Å²) in [4.78, 5) is 0. The van der Waals surface area contributed by atoms with Crippen LogP contribution in [0.25, 0.3) is 6.08 Å². The third-order valence-corrected chi connectivity index (χ3v) is 2.44. The van der Waals surface area contributed by atoms with Crippen LogP contribution in [0.3, 0.4) is 0 Å². The lowest BCUT2D eigenvalue weighted by Gasteiger charge is -2.03. The summed E-state index contributed by atoms with van der Waals surface area (Å²) in [7, 11) is 0. The fraction of sp³-hybridized carbons (Fsp3) is 0.167. The van der Waals surface area contributed by atoms with Crippen molar-refractivity contribution in [1.82, 2.24) is 0 Å². The van der Waals surface area contributed by atoms with Crippen LogP contribution in [0.1, 0.15) is 16.7 Å². The number of halogens is 1. The van der Waals surface area contributed by atoms with Gasteiger partial charge in [-0.2, -0.15) is 0 Å². The predicted octanol–water partition coefficient (Wildman–Crippen LogP) is 3.69. The van der Waals surface area contributed by atoms with E-state index in [9.17, 15) is 0 Å². The smallest absolute Gasteiger partial charge is 0.0408 e. The summed E-state index contributed by atoms with van der Waals surface area (Å²) in [6, 6.07) is 6.45. The van der Waals surface area contributed by atoms with Gasteiger partial charge in [-0.3, -0.25) is 0 Å². The van der Waals surface area contributed by atoms with Crippen LogP contribution in [0.2, 0.25) is 0 Å². The Morgan fingerprint density at radius 3 is 3.00 bits per heavy atom. The van der Waals surface area contributed by atoms with Crippen molar-refractivity contribution in [1.29, 1.82) is 0 Å². The Hall–Kier alpha value is -1.01. The number of fused-ring (bicyclic) bond motifs is 1. The average Bonchev–Trinajstić information content (AvgIpc) is 2.25. The zero-order valence-electron chi connectivity index (χ0n) is 7.55. The Morgan fingerprint density at radius 1 is 1.31 bits per heavy atom. The van der Waals surface area contributed by atoms with Crippen LogP contribution in [0.15, 0.2) is 35.4 Å². The third-order valence-electron chi connectivity index (χ3n) is 2.21. The van der Waals surface area contributed by atoms with Gasteiger partial charge in [0.05, 0.1) is 0 Å². The SMILES string of the molecule is Cc1ccc2c(c1)CC=CC(Cl)=C2. The fourth-order valence-corrected chi connectivity index (χ4v) is 1.75. The van der Waals surface area contributed by atoms with Gasteiger partial charge >= 0.3 is 0 Å². The topological polar surface area (TPSA) is 0 Å². The highest BCUT2D eigenvalue weighted by Gasteiger charge is 2.02. The minimum absolute atomic E-state index is 0.808. The van der Waals surface area contributed by atoms with Crippen molar-refractivity contribution in [3.8, 4) is 0 Å². The zero-order chi connectivity index (χ0) is 9.26. The number of benzene rings is 1. The lowest BCUT2D eigenvalue weighted by molar-refractivity contribution is 1.24.